The first-order chi connectivity index (χ1) is 7.03. The van der Waals surface area contributed by atoms with Gasteiger partial charge in [-0.1, -0.05) is 13.8 Å². The number of aldehydes is 1. The maximum atomic E-state index is 10.6. The Labute approximate surface area is 92.0 Å². The van der Waals surface area contributed by atoms with E-state index in [1.807, 2.05) is 32.8 Å². The number of hydrogen-bond acceptors (Lipinski definition) is 3. The Morgan fingerprint density at radius 3 is 1.62 bits per heavy atom. The maximum Gasteiger partial charge on any atom is 0.490 e. The van der Waals surface area contributed by atoms with E-state index in [1.54, 1.807) is 0 Å². The van der Waals surface area contributed by atoms with E-state index in [2.05, 4.69) is 0 Å². The first-order valence-corrected chi connectivity index (χ1v) is 4.45. The van der Waals surface area contributed by atoms with Gasteiger partial charge in [-0.15, -0.1) is 0 Å². The van der Waals surface area contributed by atoms with E-state index < -0.39 is 12.1 Å². The van der Waals surface area contributed by atoms with Crippen molar-refractivity contribution in [3.05, 3.63) is 0 Å². The number of rotatable bonds is 3. The first-order valence-electron chi connectivity index (χ1n) is 4.45. The molecule has 1 N–H and O–H groups in total. The lowest BCUT2D eigenvalue weighted by Gasteiger charge is -2.21. The lowest BCUT2D eigenvalue weighted by Crippen LogP contribution is -2.33. The standard InChI is InChI=1S/C7H15NO.C2HF3O2/c1-6(2)7(5-9)8(3)4;3-2(4,5)1(6)7/h5-7H,1-4H3;(H,6,7). The minimum atomic E-state index is -5.08. The van der Waals surface area contributed by atoms with Crippen LogP contribution in [-0.4, -0.2) is 48.6 Å². The second kappa shape index (κ2) is 7.21. The van der Waals surface area contributed by atoms with E-state index in [9.17, 15) is 18.0 Å². The monoisotopic (exact) mass is 243 g/mol. The third-order valence-corrected chi connectivity index (χ3v) is 1.66. The average Bonchev–Trinajstić information content (AvgIpc) is 2.02. The maximum absolute atomic E-state index is 10.6. The molecule has 4 nitrogen and oxygen atoms in total. The molecular weight excluding hydrogens is 227 g/mol. The number of likely N-dealkylation sites (N-methyl/N-ethyl adjacent to an activating group) is 1. The number of nitrogens with zero attached hydrogens (tertiary/aromatic N) is 1. The molecule has 0 amide bonds. The van der Waals surface area contributed by atoms with Gasteiger partial charge in [0.1, 0.15) is 6.29 Å². The summed E-state index contributed by atoms with van der Waals surface area (Å²) in [6.07, 6.45) is -4.09. The van der Waals surface area contributed by atoms with E-state index >= 15 is 0 Å². The lowest BCUT2D eigenvalue weighted by atomic mass is 10.1. The zero-order valence-electron chi connectivity index (χ0n) is 9.58. The molecule has 0 heterocycles. The summed E-state index contributed by atoms with van der Waals surface area (Å²) in [6.45, 7) is 4.08. The number of carbonyl (C=O) groups is 2. The van der Waals surface area contributed by atoms with Crippen molar-refractivity contribution in [2.24, 2.45) is 5.92 Å². The van der Waals surface area contributed by atoms with Crippen LogP contribution in [0.5, 0.6) is 0 Å². The largest absolute Gasteiger partial charge is 0.490 e. The van der Waals surface area contributed by atoms with Crippen molar-refractivity contribution in [1.29, 1.82) is 0 Å². The quantitative estimate of drug-likeness (QED) is 0.761. The Hall–Kier alpha value is -1.11. The summed E-state index contributed by atoms with van der Waals surface area (Å²) in [5.41, 5.74) is 0. The predicted octanol–water partition coefficient (Wildman–Crippen LogP) is 1.40. The molecule has 0 radical (unpaired) electrons. The molecular formula is C9H16F3NO3. The van der Waals surface area contributed by atoms with E-state index in [0.29, 0.717) is 5.92 Å². The number of carboxylic acids is 1. The van der Waals surface area contributed by atoms with Crippen molar-refractivity contribution in [1.82, 2.24) is 4.90 Å². The molecule has 0 aliphatic carbocycles. The zero-order chi connectivity index (χ0) is 13.5. The van der Waals surface area contributed by atoms with Crippen molar-refractivity contribution in [2.45, 2.75) is 26.1 Å². The van der Waals surface area contributed by atoms with Crippen molar-refractivity contribution in [3.63, 3.8) is 0 Å². The molecule has 1 atom stereocenters. The number of carboxylic acid groups (broad SMARTS) is 1. The highest BCUT2D eigenvalue weighted by molar-refractivity contribution is 5.73. The number of halogens is 3. The van der Waals surface area contributed by atoms with Crippen LogP contribution >= 0.6 is 0 Å². The van der Waals surface area contributed by atoms with Gasteiger partial charge in [-0.2, -0.15) is 13.2 Å². The molecule has 7 heteroatoms. The van der Waals surface area contributed by atoms with Crippen LogP contribution in [0.2, 0.25) is 0 Å². The van der Waals surface area contributed by atoms with Crippen LogP contribution in [0.4, 0.5) is 13.2 Å². The predicted molar refractivity (Wildman–Crippen MR) is 52.1 cm³/mol. The summed E-state index contributed by atoms with van der Waals surface area (Å²) in [4.78, 5) is 21.2. The molecule has 0 aliphatic heterocycles. The SMILES string of the molecule is CC(C)C(C=O)N(C)C.O=C(O)C(F)(F)F. The molecule has 0 saturated carbocycles. The molecule has 0 aliphatic rings. The van der Waals surface area contributed by atoms with E-state index in [1.165, 1.54) is 0 Å². The number of carbonyl (C=O) groups excluding carboxylic acids is 1. The molecule has 0 aromatic rings. The van der Waals surface area contributed by atoms with Gasteiger partial charge in [0, 0.05) is 0 Å². The number of alkyl halides is 3. The van der Waals surface area contributed by atoms with Crippen LogP contribution in [0, 0.1) is 5.92 Å². The second-order valence-corrected chi connectivity index (χ2v) is 3.64. The topological polar surface area (TPSA) is 57.6 Å². The molecule has 96 valence electrons. The summed E-state index contributed by atoms with van der Waals surface area (Å²) >= 11 is 0. The Morgan fingerprint density at radius 2 is 1.62 bits per heavy atom. The highest BCUT2D eigenvalue weighted by atomic mass is 19.4. The zero-order valence-corrected chi connectivity index (χ0v) is 9.58. The number of aliphatic carboxylic acids is 1. The van der Waals surface area contributed by atoms with E-state index in [-0.39, 0.29) is 6.04 Å². The molecule has 0 bridgehead atoms. The minimum Gasteiger partial charge on any atom is -0.475 e. The van der Waals surface area contributed by atoms with Gasteiger partial charge in [0.25, 0.3) is 0 Å². The smallest absolute Gasteiger partial charge is 0.475 e. The Balaban J connectivity index is 0. The van der Waals surface area contributed by atoms with Crippen LogP contribution in [0.25, 0.3) is 0 Å². The van der Waals surface area contributed by atoms with Gasteiger partial charge in [0.2, 0.25) is 0 Å². The third-order valence-electron chi connectivity index (χ3n) is 1.66. The van der Waals surface area contributed by atoms with Crippen LogP contribution in [0.1, 0.15) is 13.8 Å². The van der Waals surface area contributed by atoms with Gasteiger partial charge >= 0.3 is 12.1 Å². The molecule has 16 heavy (non-hydrogen) atoms. The third kappa shape index (κ3) is 8.22. The van der Waals surface area contributed by atoms with Crippen molar-refractivity contribution >= 4 is 12.3 Å². The molecule has 0 fully saturated rings. The van der Waals surface area contributed by atoms with Gasteiger partial charge in [0.15, 0.2) is 0 Å². The fourth-order valence-corrected chi connectivity index (χ4v) is 0.875. The van der Waals surface area contributed by atoms with Crippen LogP contribution in [0.3, 0.4) is 0 Å². The summed E-state index contributed by atoms with van der Waals surface area (Å²) in [6, 6.07) is 0.0741. The van der Waals surface area contributed by atoms with Crippen molar-refractivity contribution in [3.8, 4) is 0 Å². The van der Waals surface area contributed by atoms with E-state index in [0.717, 1.165) is 6.29 Å². The van der Waals surface area contributed by atoms with Crippen LogP contribution in [-0.2, 0) is 9.59 Å². The summed E-state index contributed by atoms with van der Waals surface area (Å²) in [5, 5.41) is 7.12. The lowest BCUT2D eigenvalue weighted by molar-refractivity contribution is -0.192. The molecule has 0 rings (SSSR count). The Morgan fingerprint density at radius 1 is 1.31 bits per heavy atom. The molecule has 0 saturated heterocycles. The van der Waals surface area contributed by atoms with Crippen molar-refractivity contribution < 1.29 is 27.9 Å². The Kier molecular flexibility index (Phi) is 7.79. The first kappa shape index (κ1) is 17.3. The van der Waals surface area contributed by atoms with Gasteiger partial charge in [-0.05, 0) is 20.0 Å². The van der Waals surface area contributed by atoms with Crippen LogP contribution < -0.4 is 0 Å². The fourth-order valence-electron chi connectivity index (χ4n) is 0.875. The second-order valence-electron chi connectivity index (χ2n) is 3.64. The average molecular weight is 243 g/mol. The summed E-state index contributed by atoms with van der Waals surface area (Å²) in [7, 11) is 3.83. The summed E-state index contributed by atoms with van der Waals surface area (Å²) < 4.78 is 31.7. The van der Waals surface area contributed by atoms with E-state index in [4.69, 9.17) is 9.90 Å². The van der Waals surface area contributed by atoms with Gasteiger partial charge < -0.3 is 9.90 Å². The summed E-state index contributed by atoms with van der Waals surface area (Å²) in [5.74, 6) is -2.34. The highest BCUT2D eigenvalue weighted by Crippen LogP contribution is 2.13. The molecule has 0 aromatic heterocycles. The van der Waals surface area contributed by atoms with Gasteiger partial charge in [0.05, 0.1) is 6.04 Å². The normalized spacial score (nSPS) is 13.1. The fraction of sp³-hybridized carbons (Fsp3) is 0.778. The molecule has 0 aromatic carbocycles. The van der Waals surface area contributed by atoms with Gasteiger partial charge in [-0.25, -0.2) is 4.79 Å². The Bertz CT molecular complexity index is 219. The van der Waals surface area contributed by atoms with Crippen LogP contribution in [0.15, 0.2) is 0 Å². The minimum absolute atomic E-state index is 0.0741. The number of hydrogen-bond donors (Lipinski definition) is 1. The molecule has 0 spiro atoms. The van der Waals surface area contributed by atoms with Crippen molar-refractivity contribution in [2.75, 3.05) is 14.1 Å². The highest BCUT2D eigenvalue weighted by Gasteiger charge is 2.38. The molecule has 1 unspecified atom stereocenters. The van der Waals surface area contributed by atoms with Gasteiger partial charge in [-0.3, -0.25) is 4.90 Å².